The third kappa shape index (κ3) is 2.98. The Hall–Kier alpha value is -1.54. The predicted octanol–water partition coefficient (Wildman–Crippen LogP) is 3.40. The minimum absolute atomic E-state index is 0.135. The molecule has 17 heavy (non-hydrogen) atoms. The van der Waals surface area contributed by atoms with E-state index in [1.807, 2.05) is 19.1 Å². The van der Waals surface area contributed by atoms with E-state index in [-0.39, 0.29) is 6.04 Å². The molecule has 0 fully saturated rings. The molecule has 90 valence electrons. The summed E-state index contributed by atoms with van der Waals surface area (Å²) in [5.74, 6) is 1.88. The Labute approximate surface area is 102 Å². The third-order valence-electron chi connectivity index (χ3n) is 2.80. The Bertz CT molecular complexity index is 485. The molecule has 1 aromatic carbocycles. The van der Waals surface area contributed by atoms with Gasteiger partial charge in [0.2, 0.25) is 0 Å². The molecule has 1 heterocycles. The number of rotatable bonds is 4. The number of hydrogen-bond donors (Lipinski definition) is 1. The Morgan fingerprint density at radius 1 is 1.24 bits per heavy atom. The topological polar surface area (TPSA) is 39.2 Å². The minimum Gasteiger partial charge on any atom is -0.461 e. The highest BCUT2D eigenvalue weighted by molar-refractivity contribution is 5.58. The van der Waals surface area contributed by atoms with E-state index < -0.39 is 0 Å². The van der Waals surface area contributed by atoms with Crippen LogP contribution in [-0.2, 0) is 12.8 Å². The maximum Gasteiger partial charge on any atom is 0.134 e. The van der Waals surface area contributed by atoms with Crippen LogP contribution in [0.3, 0.4) is 0 Å². The van der Waals surface area contributed by atoms with Crippen molar-refractivity contribution in [2.45, 2.75) is 32.7 Å². The molecule has 2 heteroatoms. The fourth-order valence-corrected chi connectivity index (χ4v) is 1.90. The second kappa shape index (κ2) is 5.19. The van der Waals surface area contributed by atoms with Gasteiger partial charge < -0.3 is 10.2 Å². The van der Waals surface area contributed by atoms with Gasteiger partial charge in [-0.2, -0.15) is 0 Å². The monoisotopic (exact) mass is 229 g/mol. The van der Waals surface area contributed by atoms with Crippen LogP contribution in [-0.4, -0.2) is 6.04 Å². The summed E-state index contributed by atoms with van der Waals surface area (Å²) < 4.78 is 5.80. The second-order valence-electron chi connectivity index (χ2n) is 4.50. The zero-order chi connectivity index (χ0) is 12.3. The average Bonchev–Trinajstić information content (AvgIpc) is 2.77. The maximum atomic E-state index is 5.80. The first-order valence-corrected chi connectivity index (χ1v) is 6.12. The molecule has 0 spiro atoms. The van der Waals surface area contributed by atoms with Crippen LogP contribution >= 0.6 is 0 Å². The van der Waals surface area contributed by atoms with E-state index in [9.17, 15) is 0 Å². The summed E-state index contributed by atoms with van der Waals surface area (Å²) >= 11 is 0. The van der Waals surface area contributed by atoms with Gasteiger partial charge in [-0.05, 0) is 37.1 Å². The number of aryl methyl sites for hydroxylation is 1. The van der Waals surface area contributed by atoms with Gasteiger partial charge in [0.05, 0.1) is 0 Å². The molecule has 1 unspecified atom stereocenters. The summed E-state index contributed by atoms with van der Waals surface area (Å²) in [6.07, 6.45) is 1.83. The van der Waals surface area contributed by atoms with Crippen LogP contribution in [0.5, 0.6) is 0 Å². The summed E-state index contributed by atoms with van der Waals surface area (Å²) in [7, 11) is 0. The van der Waals surface area contributed by atoms with Crippen molar-refractivity contribution in [3.05, 3.63) is 47.7 Å². The molecule has 0 saturated heterocycles. The maximum absolute atomic E-state index is 5.80. The highest BCUT2D eigenvalue weighted by Crippen LogP contribution is 2.23. The average molecular weight is 229 g/mol. The van der Waals surface area contributed by atoms with Crippen molar-refractivity contribution in [1.29, 1.82) is 0 Å². The van der Waals surface area contributed by atoms with Crippen LogP contribution in [0.15, 0.2) is 40.8 Å². The minimum atomic E-state index is 0.135. The first-order valence-electron chi connectivity index (χ1n) is 6.12. The van der Waals surface area contributed by atoms with E-state index in [4.69, 9.17) is 10.2 Å². The molecular formula is C15H19NO. The summed E-state index contributed by atoms with van der Waals surface area (Å²) in [5, 5.41) is 0. The lowest BCUT2D eigenvalue weighted by atomic mass is 10.1. The Balaban J connectivity index is 2.24. The quantitative estimate of drug-likeness (QED) is 0.872. The van der Waals surface area contributed by atoms with Gasteiger partial charge in [0.25, 0.3) is 0 Å². The van der Waals surface area contributed by atoms with Crippen molar-refractivity contribution >= 4 is 0 Å². The molecule has 2 nitrogen and oxygen atoms in total. The van der Waals surface area contributed by atoms with E-state index in [2.05, 4.69) is 31.2 Å². The van der Waals surface area contributed by atoms with Crippen LogP contribution < -0.4 is 5.73 Å². The van der Waals surface area contributed by atoms with E-state index in [1.54, 1.807) is 0 Å². The second-order valence-corrected chi connectivity index (χ2v) is 4.50. The highest BCUT2D eigenvalue weighted by Gasteiger charge is 2.06. The van der Waals surface area contributed by atoms with Gasteiger partial charge in [0, 0.05) is 18.0 Å². The van der Waals surface area contributed by atoms with Gasteiger partial charge in [0.1, 0.15) is 11.5 Å². The SMILES string of the molecule is CCc1cccc(-c2ccc(CC(C)N)o2)c1. The fourth-order valence-electron chi connectivity index (χ4n) is 1.90. The van der Waals surface area contributed by atoms with Crippen LogP contribution in [0.2, 0.25) is 0 Å². The van der Waals surface area contributed by atoms with E-state index in [0.717, 1.165) is 29.9 Å². The summed E-state index contributed by atoms with van der Waals surface area (Å²) in [4.78, 5) is 0. The number of benzene rings is 1. The van der Waals surface area contributed by atoms with Gasteiger partial charge in [-0.25, -0.2) is 0 Å². The van der Waals surface area contributed by atoms with Crippen molar-refractivity contribution in [2.24, 2.45) is 5.73 Å². The summed E-state index contributed by atoms with van der Waals surface area (Å²) in [6.45, 7) is 4.14. The van der Waals surface area contributed by atoms with Gasteiger partial charge in [-0.3, -0.25) is 0 Å². The number of nitrogens with two attached hydrogens (primary N) is 1. The van der Waals surface area contributed by atoms with Crippen LogP contribution in [0.1, 0.15) is 25.2 Å². The van der Waals surface area contributed by atoms with Crippen LogP contribution in [0.25, 0.3) is 11.3 Å². The van der Waals surface area contributed by atoms with Gasteiger partial charge in [-0.15, -0.1) is 0 Å². The van der Waals surface area contributed by atoms with Crippen molar-refractivity contribution < 1.29 is 4.42 Å². The summed E-state index contributed by atoms with van der Waals surface area (Å²) in [5.41, 5.74) is 8.22. The molecule has 0 aliphatic rings. The number of hydrogen-bond acceptors (Lipinski definition) is 2. The molecule has 1 aromatic heterocycles. The molecule has 0 radical (unpaired) electrons. The largest absolute Gasteiger partial charge is 0.461 e. The Kier molecular flexibility index (Phi) is 3.64. The van der Waals surface area contributed by atoms with Crippen molar-refractivity contribution in [3.63, 3.8) is 0 Å². The molecule has 2 N–H and O–H groups in total. The molecule has 0 aliphatic heterocycles. The predicted molar refractivity (Wildman–Crippen MR) is 70.9 cm³/mol. The number of furan rings is 1. The van der Waals surface area contributed by atoms with Gasteiger partial charge in [0.15, 0.2) is 0 Å². The Morgan fingerprint density at radius 3 is 2.76 bits per heavy atom. The molecule has 0 bridgehead atoms. The zero-order valence-electron chi connectivity index (χ0n) is 10.4. The summed E-state index contributed by atoms with van der Waals surface area (Å²) in [6, 6.07) is 12.6. The van der Waals surface area contributed by atoms with E-state index >= 15 is 0 Å². The van der Waals surface area contributed by atoms with Gasteiger partial charge >= 0.3 is 0 Å². The smallest absolute Gasteiger partial charge is 0.134 e. The first-order chi connectivity index (χ1) is 8.19. The molecule has 0 amide bonds. The van der Waals surface area contributed by atoms with Crippen molar-refractivity contribution in [1.82, 2.24) is 0 Å². The van der Waals surface area contributed by atoms with Crippen LogP contribution in [0.4, 0.5) is 0 Å². The highest BCUT2D eigenvalue weighted by atomic mass is 16.3. The van der Waals surface area contributed by atoms with E-state index in [0.29, 0.717) is 0 Å². The molecule has 2 aromatic rings. The third-order valence-corrected chi connectivity index (χ3v) is 2.80. The zero-order valence-corrected chi connectivity index (χ0v) is 10.4. The normalized spacial score (nSPS) is 12.6. The van der Waals surface area contributed by atoms with Crippen molar-refractivity contribution in [2.75, 3.05) is 0 Å². The van der Waals surface area contributed by atoms with Gasteiger partial charge in [-0.1, -0.05) is 25.1 Å². The lowest BCUT2D eigenvalue weighted by Crippen LogP contribution is -2.17. The lowest BCUT2D eigenvalue weighted by Gasteiger charge is -2.02. The lowest BCUT2D eigenvalue weighted by molar-refractivity contribution is 0.503. The molecule has 2 rings (SSSR count). The molecule has 1 atom stereocenters. The van der Waals surface area contributed by atoms with Crippen molar-refractivity contribution in [3.8, 4) is 11.3 Å². The van der Waals surface area contributed by atoms with E-state index in [1.165, 1.54) is 5.56 Å². The van der Waals surface area contributed by atoms with Crippen LogP contribution in [0, 0.1) is 0 Å². The Morgan fingerprint density at radius 2 is 2.06 bits per heavy atom. The molecule has 0 aliphatic carbocycles. The standard InChI is InChI=1S/C15H19NO/c1-3-12-5-4-6-13(10-12)15-8-7-14(17-15)9-11(2)16/h4-8,10-11H,3,9,16H2,1-2H3. The molecular weight excluding hydrogens is 210 g/mol. The molecule has 0 saturated carbocycles. The fraction of sp³-hybridized carbons (Fsp3) is 0.333. The first kappa shape index (κ1) is 11.9.